The van der Waals surface area contributed by atoms with E-state index in [1.54, 1.807) is 11.9 Å². The number of hydrogen-bond acceptors (Lipinski definition) is 4. The van der Waals surface area contributed by atoms with Gasteiger partial charge in [0.05, 0.1) is 12.6 Å². The molecule has 1 saturated heterocycles. The first-order valence-corrected chi connectivity index (χ1v) is 11.2. The average Bonchev–Trinajstić information content (AvgIpc) is 2.79. The van der Waals surface area contributed by atoms with E-state index in [9.17, 15) is 14.9 Å². The van der Waals surface area contributed by atoms with Gasteiger partial charge in [0.2, 0.25) is 5.91 Å². The molecule has 1 saturated carbocycles. The highest BCUT2D eigenvalue weighted by molar-refractivity contribution is 5.94. The van der Waals surface area contributed by atoms with Crippen LogP contribution in [0.4, 0.5) is 0 Å². The van der Waals surface area contributed by atoms with E-state index in [-0.39, 0.29) is 11.8 Å². The van der Waals surface area contributed by atoms with Crippen LogP contribution in [0.25, 0.3) is 0 Å². The first-order chi connectivity index (χ1) is 14.4. The van der Waals surface area contributed by atoms with E-state index < -0.39 is 5.54 Å². The predicted octanol–water partition coefficient (Wildman–Crippen LogP) is 3.25. The molecule has 2 amide bonds. The molecule has 1 aromatic rings. The van der Waals surface area contributed by atoms with Crippen LogP contribution in [0.2, 0.25) is 0 Å². The van der Waals surface area contributed by atoms with Crippen molar-refractivity contribution in [2.45, 2.75) is 57.4 Å². The molecule has 30 heavy (non-hydrogen) atoms. The standard InChI is InChI=1S/C24H34N4O2/c1-19(2)20-7-9-21(10-8-20)23(30)28-15-13-27(14-16-28)17-22(29)26(3)24(18-25)11-5-4-6-12-24/h7-10,19H,4-6,11-17H2,1-3H3. The fourth-order valence-corrected chi connectivity index (χ4v) is 4.50. The second-order valence-electron chi connectivity index (χ2n) is 9.00. The Morgan fingerprint density at radius 2 is 1.67 bits per heavy atom. The van der Waals surface area contributed by atoms with Crippen molar-refractivity contribution in [3.05, 3.63) is 35.4 Å². The third kappa shape index (κ3) is 4.84. The molecule has 0 atom stereocenters. The summed E-state index contributed by atoms with van der Waals surface area (Å²) in [5.74, 6) is 0.503. The number of hydrogen-bond donors (Lipinski definition) is 0. The topological polar surface area (TPSA) is 67.7 Å². The fraction of sp³-hybridized carbons (Fsp3) is 0.625. The van der Waals surface area contributed by atoms with Gasteiger partial charge in [0.25, 0.3) is 5.91 Å². The first kappa shape index (κ1) is 22.3. The van der Waals surface area contributed by atoms with Crippen LogP contribution in [-0.2, 0) is 4.79 Å². The van der Waals surface area contributed by atoms with Crippen LogP contribution < -0.4 is 0 Å². The van der Waals surface area contributed by atoms with Gasteiger partial charge in [0, 0.05) is 38.8 Å². The van der Waals surface area contributed by atoms with Crippen LogP contribution in [0.5, 0.6) is 0 Å². The molecule has 0 unspecified atom stereocenters. The quantitative estimate of drug-likeness (QED) is 0.747. The summed E-state index contributed by atoms with van der Waals surface area (Å²) in [5.41, 5.74) is 1.30. The van der Waals surface area contributed by atoms with Crippen LogP contribution in [0, 0.1) is 11.3 Å². The second-order valence-corrected chi connectivity index (χ2v) is 9.00. The Hall–Kier alpha value is -2.39. The van der Waals surface area contributed by atoms with Crippen molar-refractivity contribution in [1.82, 2.24) is 14.7 Å². The van der Waals surface area contributed by atoms with Crippen molar-refractivity contribution in [2.24, 2.45) is 0 Å². The molecule has 162 valence electrons. The van der Waals surface area contributed by atoms with Crippen LogP contribution in [-0.4, -0.2) is 71.8 Å². The highest BCUT2D eigenvalue weighted by atomic mass is 16.2. The summed E-state index contributed by atoms with van der Waals surface area (Å²) in [4.78, 5) is 31.3. The number of piperazine rings is 1. The monoisotopic (exact) mass is 410 g/mol. The molecule has 1 aliphatic carbocycles. The molecule has 0 aromatic heterocycles. The summed E-state index contributed by atoms with van der Waals surface area (Å²) in [5, 5.41) is 9.72. The van der Waals surface area contributed by atoms with E-state index in [1.165, 1.54) is 5.56 Å². The SMILES string of the molecule is CC(C)c1ccc(C(=O)N2CCN(CC(=O)N(C)C3(C#N)CCCCC3)CC2)cc1. The first-order valence-electron chi connectivity index (χ1n) is 11.2. The lowest BCUT2D eigenvalue weighted by Gasteiger charge is -2.41. The van der Waals surface area contributed by atoms with Crippen molar-refractivity contribution in [1.29, 1.82) is 5.26 Å². The van der Waals surface area contributed by atoms with Crippen LogP contribution >= 0.6 is 0 Å². The highest BCUT2D eigenvalue weighted by Gasteiger charge is 2.39. The summed E-state index contributed by atoms with van der Waals surface area (Å²) >= 11 is 0. The van der Waals surface area contributed by atoms with Gasteiger partial charge in [-0.1, -0.05) is 45.2 Å². The molecule has 1 aromatic carbocycles. The van der Waals surface area contributed by atoms with Gasteiger partial charge < -0.3 is 9.80 Å². The zero-order chi connectivity index (χ0) is 21.7. The molecule has 0 bridgehead atoms. The van der Waals surface area contributed by atoms with E-state index in [0.717, 1.165) is 37.7 Å². The summed E-state index contributed by atoms with van der Waals surface area (Å²) in [6, 6.07) is 10.3. The largest absolute Gasteiger partial charge is 0.336 e. The van der Waals surface area contributed by atoms with Crippen LogP contribution in [0.1, 0.15) is 67.8 Å². The van der Waals surface area contributed by atoms with Crippen molar-refractivity contribution in [3.8, 4) is 6.07 Å². The minimum atomic E-state index is -0.644. The number of rotatable bonds is 5. The number of amides is 2. The van der Waals surface area contributed by atoms with Gasteiger partial charge in [-0.15, -0.1) is 0 Å². The number of benzene rings is 1. The Kier molecular flexibility index (Phi) is 7.14. The van der Waals surface area contributed by atoms with Crippen molar-refractivity contribution < 1.29 is 9.59 Å². The van der Waals surface area contributed by atoms with Gasteiger partial charge in [-0.05, 0) is 36.5 Å². The fourth-order valence-electron chi connectivity index (χ4n) is 4.50. The third-order valence-corrected chi connectivity index (χ3v) is 6.75. The summed E-state index contributed by atoms with van der Waals surface area (Å²) in [6.45, 7) is 7.17. The Balaban J connectivity index is 1.52. The van der Waals surface area contributed by atoms with Crippen molar-refractivity contribution in [3.63, 3.8) is 0 Å². The lowest BCUT2D eigenvalue weighted by Crippen LogP contribution is -2.55. The Morgan fingerprint density at radius 1 is 1.07 bits per heavy atom. The highest BCUT2D eigenvalue weighted by Crippen LogP contribution is 2.32. The molecule has 6 nitrogen and oxygen atoms in total. The second kappa shape index (κ2) is 9.61. The number of likely N-dealkylation sites (N-methyl/N-ethyl adjacent to an activating group) is 1. The van der Waals surface area contributed by atoms with E-state index in [1.807, 2.05) is 29.2 Å². The summed E-state index contributed by atoms with van der Waals surface area (Å²) in [6.07, 6.45) is 4.68. The van der Waals surface area contributed by atoms with E-state index in [0.29, 0.717) is 38.6 Å². The van der Waals surface area contributed by atoms with Gasteiger partial charge in [-0.2, -0.15) is 5.26 Å². The zero-order valence-electron chi connectivity index (χ0n) is 18.6. The molecule has 1 aliphatic heterocycles. The van der Waals surface area contributed by atoms with Gasteiger partial charge in [0.15, 0.2) is 0 Å². The van der Waals surface area contributed by atoms with Gasteiger partial charge in [-0.3, -0.25) is 14.5 Å². The Morgan fingerprint density at radius 3 is 2.20 bits per heavy atom. The Labute approximate surface area is 180 Å². The smallest absolute Gasteiger partial charge is 0.253 e. The molecule has 0 radical (unpaired) electrons. The summed E-state index contributed by atoms with van der Waals surface area (Å²) < 4.78 is 0. The normalized spacial score (nSPS) is 19.4. The Bertz CT molecular complexity index is 782. The van der Waals surface area contributed by atoms with Gasteiger partial charge in [-0.25, -0.2) is 0 Å². The minimum Gasteiger partial charge on any atom is -0.336 e. The van der Waals surface area contributed by atoms with Crippen LogP contribution in [0.15, 0.2) is 24.3 Å². The molecule has 2 aliphatic rings. The maximum Gasteiger partial charge on any atom is 0.253 e. The molecule has 6 heteroatoms. The maximum atomic E-state index is 12.9. The number of nitriles is 1. The maximum absolute atomic E-state index is 12.9. The third-order valence-electron chi connectivity index (χ3n) is 6.75. The molecular weight excluding hydrogens is 376 g/mol. The molecule has 0 spiro atoms. The molecule has 3 rings (SSSR count). The summed E-state index contributed by atoms with van der Waals surface area (Å²) in [7, 11) is 1.78. The van der Waals surface area contributed by atoms with Gasteiger partial charge >= 0.3 is 0 Å². The lowest BCUT2D eigenvalue weighted by atomic mass is 9.81. The van der Waals surface area contributed by atoms with E-state index in [4.69, 9.17) is 0 Å². The van der Waals surface area contributed by atoms with E-state index >= 15 is 0 Å². The number of carbonyl (C=O) groups excluding carboxylic acids is 2. The number of carbonyl (C=O) groups is 2. The average molecular weight is 411 g/mol. The van der Waals surface area contributed by atoms with E-state index in [2.05, 4.69) is 24.8 Å². The van der Waals surface area contributed by atoms with Gasteiger partial charge in [0.1, 0.15) is 5.54 Å². The van der Waals surface area contributed by atoms with Crippen molar-refractivity contribution >= 4 is 11.8 Å². The zero-order valence-corrected chi connectivity index (χ0v) is 18.6. The minimum absolute atomic E-state index is 0.00232. The van der Waals surface area contributed by atoms with Crippen molar-refractivity contribution in [2.75, 3.05) is 39.8 Å². The molecule has 2 fully saturated rings. The van der Waals surface area contributed by atoms with Crippen LogP contribution in [0.3, 0.4) is 0 Å². The molecular formula is C24H34N4O2. The molecule has 1 heterocycles. The molecule has 0 N–H and O–H groups in total. The lowest BCUT2D eigenvalue weighted by molar-refractivity contribution is -0.136. The number of nitrogens with zero attached hydrogens (tertiary/aromatic N) is 4. The predicted molar refractivity (Wildman–Crippen MR) is 117 cm³/mol.